The molecular weight excluding hydrogens is 383 g/mol. The van der Waals surface area contributed by atoms with Crippen LogP contribution >= 0.6 is 0 Å². The summed E-state index contributed by atoms with van der Waals surface area (Å²) < 4.78 is 68.0. The van der Waals surface area contributed by atoms with E-state index in [1.165, 1.54) is 0 Å². The first-order valence-electron chi connectivity index (χ1n) is 6.99. The van der Waals surface area contributed by atoms with Crippen molar-refractivity contribution >= 4 is 11.4 Å². The number of hydrogen-bond acceptors (Lipinski definition) is 5. The summed E-state index contributed by atoms with van der Waals surface area (Å²) in [4.78, 5) is 19.6. The van der Waals surface area contributed by atoms with Crippen LogP contribution in [0.2, 0.25) is 0 Å². The van der Waals surface area contributed by atoms with Crippen LogP contribution < -0.4 is 0 Å². The van der Waals surface area contributed by atoms with Gasteiger partial charge in [0.05, 0.1) is 15.4 Å². The quantitative estimate of drug-likeness (QED) is 0.471. The average Bonchev–Trinajstić information content (AvgIpc) is 2.59. The molecule has 2 rings (SSSR count). The molecule has 0 aliphatic rings. The van der Waals surface area contributed by atoms with Gasteiger partial charge in [-0.2, -0.15) is 22.0 Å². The SMILES string of the molecule is O=[N+]([O-])c1cccc(C(O)(c2ccccc2[N+](=O)[O-])C(F)(F)C(F)(F)F)c1. The highest BCUT2D eigenvalue weighted by molar-refractivity contribution is 5.52. The van der Waals surface area contributed by atoms with E-state index >= 15 is 0 Å². The van der Waals surface area contributed by atoms with Gasteiger partial charge in [0.25, 0.3) is 11.4 Å². The van der Waals surface area contributed by atoms with Crippen LogP contribution in [-0.4, -0.2) is 27.1 Å². The predicted octanol–water partition coefficient (Wildman–Crippen LogP) is 3.94. The first-order valence-corrected chi connectivity index (χ1v) is 6.99. The summed E-state index contributed by atoms with van der Waals surface area (Å²) in [6, 6.07) is 5.54. The van der Waals surface area contributed by atoms with E-state index in [2.05, 4.69) is 0 Å². The number of nitro groups is 2. The number of hydrogen-bond donors (Lipinski definition) is 1. The summed E-state index contributed by atoms with van der Waals surface area (Å²) in [5, 5.41) is 32.5. The minimum Gasteiger partial charge on any atom is -0.374 e. The Morgan fingerprint density at radius 1 is 0.852 bits per heavy atom. The molecule has 1 unspecified atom stereocenters. The molecule has 1 atom stereocenters. The highest BCUT2D eigenvalue weighted by Gasteiger charge is 2.72. The molecule has 1 N–H and O–H groups in total. The normalized spacial score (nSPS) is 14.4. The molecule has 0 fully saturated rings. The van der Waals surface area contributed by atoms with Gasteiger partial charge in [0.15, 0.2) is 5.60 Å². The minimum atomic E-state index is -6.32. The lowest BCUT2D eigenvalue weighted by Gasteiger charge is -2.37. The maximum atomic E-state index is 14.4. The van der Waals surface area contributed by atoms with E-state index in [0.29, 0.717) is 24.3 Å². The molecule has 2 aromatic carbocycles. The van der Waals surface area contributed by atoms with Gasteiger partial charge in [0.2, 0.25) is 0 Å². The third-order valence-corrected chi connectivity index (χ3v) is 3.78. The van der Waals surface area contributed by atoms with Crippen LogP contribution in [0.1, 0.15) is 11.1 Å². The van der Waals surface area contributed by atoms with Crippen molar-refractivity contribution in [3.8, 4) is 0 Å². The van der Waals surface area contributed by atoms with Gasteiger partial charge in [-0.3, -0.25) is 20.2 Å². The molecule has 12 heteroatoms. The second kappa shape index (κ2) is 6.54. The molecule has 0 saturated carbocycles. The smallest absolute Gasteiger partial charge is 0.374 e. The molecule has 0 bridgehead atoms. The van der Waals surface area contributed by atoms with Crippen molar-refractivity contribution in [3.63, 3.8) is 0 Å². The van der Waals surface area contributed by atoms with Gasteiger partial charge < -0.3 is 5.11 Å². The Balaban J connectivity index is 2.93. The summed E-state index contributed by atoms with van der Waals surface area (Å²) in [6.45, 7) is 0. The van der Waals surface area contributed by atoms with Gasteiger partial charge in [0, 0.05) is 23.8 Å². The van der Waals surface area contributed by atoms with E-state index in [1.807, 2.05) is 0 Å². The van der Waals surface area contributed by atoms with E-state index < -0.39 is 50.0 Å². The molecule has 27 heavy (non-hydrogen) atoms. The first kappa shape index (κ1) is 20.2. The Labute approximate surface area is 147 Å². The number of non-ortho nitro benzene ring substituents is 1. The van der Waals surface area contributed by atoms with Crippen LogP contribution in [0.4, 0.5) is 33.3 Å². The number of nitro benzene ring substituents is 2. The maximum absolute atomic E-state index is 14.4. The van der Waals surface area contributed by atoms with Crippen molar-refractivity contribution < 1.29 is 36.9 Å². The fourth-order valence-electron chi connectivity index (χ4n) is 2.49. The second-order valence-electron chi connectivity index (χ2n) is 5.36. The van der Waals surface area contributed by atoms with Crippen LogP contribution in [0.5, 0.6) is 0 Å². The van der Waals surface area contributed by atoms with Crippen LogP contribution in [0.15, 0.2) is 48.5 Å². The predicted molar refractivity (Wildman–Crippen MR) is 80.2 cm³/mol. The minimum absolute atomic E-state index is 0.302. The first-order chi connectivity index (χ1) is 12.3. The Morgan fingerprint density at radius 3 is 1.96 bits per heavy atom. The van der Waals surface area contributed by atoms with Gasteiger partial charge in [-0.15, -0.1) is 0 Å². The summed E-state index contributed by atoms with van der Waals surface area (Å²) in [5.41, 5.74) is -8.98. The third-order valence-electron chi connectivity index (χ3n) is 3.78. The Kier molecular flexibility index (Phi) is 4.88. The van der Waals surface area contributed by atoms with E-state index in [1.54, 1.807) is 0 Å². The van der Waals surface area contributed by atoms with E-state index in [9.17, 15) is 47.3 Å². The van der Waals surface area contributed by atoms with Crippen molar-refractivity contribution in [1.82, 2.24) is 0 Å². The molecule has 0 aromatic heterocycles. The molecular formula is C15H9F5N2O5. The number of benzene rings is 2. The van der Waals surface area contributed by atoms with Crippen molar-refractivity contribution in [2.75, 3.05) is 0 Å². The highest BCUT2D eigenvalue weighted by atomic mass is 19.4. The number of alkyl halides is 5. The van der Waals surface area contributed by atoms with Crippen LogP contribution in [0, 0.1) is 20.2 Å². The molecule has 0 spiro atoms. The number of halogens is 5. The van der Waals surface area contributed by atoms with Crippen LogP contribution in [0.25, 0.3) is 0 Å². The monoisotopic (exact) mass is 392 g/mol. The molecule has 0 aliphatic carbocycles. The summed E-state index contributed by atoms with van der Waals surface area (Å²) >= 11 is 0. The lowest BCUT2D eigenvalue weighted by Crippen LogP contribution is -2.55. The standard InChI is InChI=1S/C15H9F5N2O5/c16-14(17,15(18,19)20)13(23,9-4-3-5-10(8-9)21(24)25)11-6-1-2-7-12(11)22(26)27/h1-8,23H. The van der Waals surface area contributed by atoms with Crippen molar-refractivity contribution in [3.05, 3.63) is 79.9 Å². The summed E-state index contributed by atoms with van der Waals surface area (Å²) in [7, 11) is 0. The molecule has 0 heterocycles. The lowest BCUT2D eigenvalue weighted by molar-refractivity contribution is -0.390. The van der Waals surface area contributed by atoms with Crippen LogP contribution in [-0.2, 0) is 5.60 Å². The second-order valence-corrected chi connectivity index (χ2v) is 5.36. The lowest BCUT2D eigenvalue weighted by atomic mass is 9.79. The third kappa shape index (κ3) is 3.18. The summed E-state index contributed by atoms with van der Waals surface area (Å²) in [6.07, 6.45) is -6.32. The van der Waals surface area contributed by atoms with Crippen LogP contribution in [0.3, 0.4) is 0 Å². The van der Waals surface area contributed by atoms with Gasteiger partial charge in [-0.25, -0.2) is 0 Å². The van der Waals surface area contributed by atoms with Gasteiger partial charge in [-0.05, 0) is 6.07 Å². The maximum Gasteiger partial charge on any atom is 0.457 e. The van der Waals surface area contributed by atoms with Gasteiger partial charge in [-0.1, -0.05) is 24.3 Å². The van der Waals surface area contributed by atoms with Crippen molar-refractivity contribution in [2.45, 2.75) is 17.7 Å². The zero-order valence-electron chi connectivity index (χ0n) is 13.0. The summed E-state index contributed by atoms with van der Waals surface area (Å²) in [5.74, 6) is -5.92. The van der Waals surface area contributed by atoms with E-state index in [4.69, 9.17) is 0 Å². The van der Waals surface area contributed by atoms with Gasteiger partial charge in [0.1, 0.15) is 0 Å². The topological polar surface area (TPSA) is 107 Å². The van der Waals surface area contributed by atoms with Gasteiger partial charge >= 0.3 is 12.1 Å². The zero-order chi connectivity index (χ0) is 20.6. The Hall–Kier alpha value is -3.15. The fourth-order valence-corrected chi connectivity index (χ4v) is 2.49. The van der Waals surface area contributed by atoms with Crippen molar-refractivity contribution in [1.29, 1.82) is 0 Å². The Morgan fingerprint density at radius 2 is 1.44 bits per heavy atom. The molecule has 2 aromatic rings. The fraction of sp³-hybridized carbons (Fsp3) is 0.200. The highest BCUT2D eigenvalue weighted by Crippen LogP contribution is 2.53. The zero-order valence-corrected chi connectivity index (χ0v) is 13.0. The molecule has 144 valence electrons. The molecule has 0 saturated heterocycles. The number of para-hydroxylation sites is 1. The average molecular weight is 392 g/mol. The van der Waals surface area contributed by atoms with Crippen molar-refractivity contribution in [2.24, 2.45) is 0 Å². The molecule has 0 aliphatic heterocycles. The van der Waals surface area contributed by atoms with E-state index in [-0.39, 0.29) is 0 Å². The number of aliphatic hydroxyl groups is 1. The largest absolute Gasteiger partial charge is 0.457 e. The molecule has 0 amide bonds. The van der Waals surface area contributed by atoms with E-state index in [0.717, 1.165) is 24.3 Å². The molecule has 0 radical (unpaired) electrons. The molecule has 7 nitrogen and oxygen atoms in total. The number of rotatable bonds is 5. The Bertz CT molecular complexity index is 902. The number of nitrogens with zero attached hydrogens (tertiary/aromatic N) is 2.